The van der Waals surface area contributed by atoms with Crippen LogP contribution in [0.5, 0.6) is 0 Å². The number of anilines is 1. The fraction of sp³-hybridized carbons (Fsp3) is 0.364. The van der Waals surface area contributed by atoms with Gasteiger partial charge in [-0.25, -0.2) is 4.79 Å². The van der Waals surface area contributed by atoms with Crippen LogP contribution in [-0.4, -0.2) is 36.6 Å². The Hall–Kier alpha value is -2.34. The van der Waals surface area contributed by atoms with Gasteiger partial charge in [-0.05, 0) is 67.6 Å². The number of benzene rings is 2. The number of hydrogen-bond acceptors (Lipinski definition) is 3. The highest BCUT2D eigenvalue weighted by molar-refractivity contribution is 9.10. The van der Waals surface area contributed by atoms with E-state index in [1.54, 1.807) is 24.3 Å². The van der Waals surface area contributed by atoms with Gasteiger partial charge in [0.2, 0.25) is 5.91 Å². The van der Waals surface area contributed by atoms with Crippen molar-refractivity contribution in [1.29, 1.82) is 0 Å². The van der Waals surface area contributed by atoms with E-state index in [1.807, 2.05) is 19.1 Å². The van der Waals surface area contributed by atoms with Crippen molar-refractivity contribution in [3.8, 4) is 0 Å². The lowest BCUT2D eigenvalue weighted by molar-refractivity contribution is -0.121. The number of likely N-dealkylation sites (N-methyl/N-ethyl adjacent to an activating group) is 1. The van der Waals surface area contributed by atoms with Crippen molar-refractivity contribution in [3.63, 3.8) is 0 Å². The Labute approximate surface area is 173 Å². The average Bonchev–Trinajstić information content (AvgIpc) is 2.70. The number of nitrogens with one attached hydrogen (secondary N) is 1. The molecule has 2 N–H and O–H groups in total. The Kier molecular flexibility index (Phi) is 6.73. The summed E-state index contributed by atoms with van der Waals surface area (Å²) in [7, 11) is 0. The van der Waals surface area contributed by atoms with E-state index in [0.717, 1.165) is 47.2 Å². The van der Waals surface area contributed by atoms with Gasteiger partial charge in [-0.15, -0.1) is 0 Å². The fourth-order valence-electron chi connectivity index (χ4n) is 3.75. The lowest BCUT2D eigenvalue weighted by Crippen LogP contribution is -2.34. The molecule has 1 amide bonds. The fourth-order valence-corrected chi connectivity index (χ4v) is 4.12. The molecule has 1 aliphatic heterocycles. The third-order valence-electron chi connectivity index (χ3n) is 5.10. The zero-order valence-electron chi connectivity index (χ0n) is 16.0. The summed E-state index contributed by atoms with van der Waals surface area (Å²) in [4.78, 5) is 26.6. The smallest absolute Gasteiger partial charge is 0.335 e. The zero-order chi connectivity index (χ0) is 20.1. The molecule has 0 bridgehead atoms. The highest BCUT2D eigenvalue weighted by atomic mass is 79.9. The summed E-state index contributed by atoms with van der Waals surface area (Å²) in [6.45, 7) is 4.40. The summed E-state index contributed by atoms with van der Waals surface area (Å²) in [6.07, 6.45) is 3.53. The van der Waals surface area contributed by atoms with E-state index < -0.39 is 11.9 Å². The van der Waals surface area contributed by atoms with Crippen LogP contribution >= 0.6 is 15.9 Å². The van der Waals surface area contributed by atoms with Crippen LogP contribution in [0.25, 0.3) is 0 Å². The van der Waals surface area contributed by atoms with Crippen LogP contribution < -0.4 is 10.2 Å². The molecule has 1 atom stereocenters. The topological polar surface area (TPSA) is 69.6 Å². The molecule has 1 heterocycles. The Morgan fingerprint density at radius 1 is 1.11 bits per heavy atom. The number of nitrogens with zero attached hydrogens (tertiary/aromatic N) is 1. The van der Waals surface area contributed by atoms with Crippen molar-refractivity contribution in [2.45, 2.75) is 32.1 Å². The first-order chi connectivity index (χ1) is 13.5. The molecule has 1 aliphatic rings. The SMILES string of the molecule is CCNC(=O)C(c1ccc(C(=O)O)cc1)c1cc(Br)ccc1N1CCCCC1. The van der Waals surface area contributed by atoms with Gasteiger partial charge in [0.15, 0.2) is 0 Å². The Bertz CT molecular complexity index is 845. The minimum atomic E-state index is -0.974. The first-order valence-electron chi connectivity index (χ1n) is 9.66. The van der Waals surface area contributed by atoms with Gasteiger partial charge in [0.25, 0.3) is 0 Å². The Balaban J connectivity index is 2.08. The molecule has 148 valence electrons. The predicted octanol–water partition coefficient (Wildman–Crippen LogP) is 4.41. The highest BCUT2D eigenvalue weighted by Gasteiger charge is 2.27. The molecule has 0 saturated carbocycles. The van der Waals surface area contributed by atoms with Crippen molar-refractivity contribution in [3.05, 3.63) is 63.6 Å². The number of aromatic carboxylic acids is 1. The average molecular weight is 445 g/mol. The molecule has 1 saturated heterocycles. The maximum Gasteiger partial charge on any atom is 0.335 e. The van der Waals surface area contributed by atoms with Gasteiger partial charge in [-0.1, -0.05) is 28.1 Å². The van der Waals surface area contributed by atoms with E-state index in [9.17, 15) is 14.7 Å². The molecular weight excluding hydrogens is 420 g/mol. The van der Waals surface area contributed by atoms with E-state index in [-0.39, 0.29) is 11.5 Å². The van der Waals surface area contributed by atoms with Gasteiger partial charge in [-0.3, -0.25) is 4.79 Å². The van der Waals surface area contributed by atoms with Gasteiger partial charge in [0.1, 0.15) is 0 Å². The summed E-state index contributed by atoms with van der Waals surface area (Å²) in [5.74, 6) is -1.56. The van der Waals surface area contributed by atoms with Crippen molar-refractivity contribution in [1.82, 2.24) is 5.32 Å². The van der Waals surface area contributed by atoms with Crippen LogP contribution in [0.1, 0.15) is 53.6 Å². The Morgan fingerprint density at radius 2 is 1.79 bits per heavy atom. The molecule has 6 heteroatoms. The van der Waals surface area contributed by atoms with Crippen LogP contribution in [-0.2, 0) is 4.79 Å². The number of hydrogen-bond donors (Lipinski definition) is 2. The lowest BCUT2D eigenvalue weighted by Gasteiger charge is -2.32. The molecule has 2 aromatic rings. The van der Waals surface area contributed by atoms with Gasteiger partial charge in [0.05, 0.1) is 11.5 Å². The molecular formula is C22H25BrN2O3. The predicted molar refractivity (Wildman–Crippen MR) is 114 cm³/mol. The van der Waals surface area contributed by atoms with Gasteiger partial charge in [0, 0.05) is 29.8 Å². The van der Waals surface area contributed by atoms with Crippen LogP contribution in [0.4, 0.5) is 5.69 Å². The number of carboxylic acid groups (broad SMARTS) is 1. The number of carboxylic acids is 1. The molecule has 0 aliphatic carbocycles. The molecule has 28 heavy (non-hydrogen) atoms. The minimum Gasteiger partial charge on any atom is -0.478 e. The number of carbonyl (C=O) groups excluding carboxylic acids is 1. The first kappa shape index (κ1) is 20.4. The van der Waals surface area contributed by atoms with Crippen LogP contribution in [0.2, 0.25) is 0 Å². The number of carbonyl (C=O) groups is 2. The van der Waals surface area contributed by atoms with Crippen molar-refractivity contribution < 1.29 is 14.7 Å². The van der Waals surface area contributed by atoms with Gasteiger partial charge >= 0.3 is 5.97 Å². The van der Waals surface area contributed by atoms with Crippen molar-refractivity contribution in [2.75, 3.05) is 24.5 Å². The summed E-state index contributed by atoms with van der Waals surface area (Å²) in [6, 6.07) is 12.7. The molecule has 0 spiro atoms. The first-order valence-corrected chi connectivity index (χ1v) is 10.5. The summed E-state index contributed by atoms with van der Waals surface area (Å²) < 4.78 is 0.916. The third-order valence-corrected chi connectivity index (χ3v) is 5.59. The van der Waals surface area contributed by atoms with Crippen LogP contribution in [0.15, 0.2) is 46.9 Å². The Morgan fingerprint density at radius 3 is 2.39 bits per heavy atom. The molecule has 1 unspecified atom stereocenters. The summed E-state index contributed by atoms with van der Waals surface area (Å²) in [5.41, 5.74) is 3.00. The van der Waals surface area contributed by atoms with E-state index in [4.69, 9.17) is 0 Å². The van der Waals surface area contributed by atoms with E-state index in [1.165, 1.54) is 6.42 Å². The van der Waals surface area contributed by atoms with Crippen LogP contribution in [0, 0.1) is 0 Å². The largest absolute Gasteiger partial charge is 0.478 e. The van der Waals surface area contributed by atoms with Crippen LogP contribution in [0.3, 0.4) is 0 Å². The summed E-state index contributed by atoms with van der Waals surface area (Å²) in [5, 5.41) is 12.1. The molecule has 5 nitrogen and oxygen atoms in total. The highest BCUT2D eigenvalue weighted by Crippen LogP contribution is 2.36. The quantitative estimate of drug-likeness (QED) is 0.692. The van der Waals surface area contributed by atoms with E-state index in [2.05, 4.69) is 32.2 Å². The van der Waals surface area contributed by atoms with Gasteiger partial charge in [-0.2, -0.15) is 0 Å². The maximum absolute atomic E-state index is 13.0. The van der Waals surface area contributed by atoms with Crippen molar-refractivity contribution >= 4 is 33.5 Å². The second kappa shape index (κ2) is 9.24. The third kappa shape index (κ3) is 4.55. The van der Waals surface area contributed by atoms with Gasteiger partial charge < -0.3 is 15.3 Å². The normalized spacial score (nSPS) is 15.1. The van der Waals surface area contributed by atoms with Crippen molar-refractivity contribution in [2.24, 2.45) is 0 Å². The molecule has 2 aromatic carbocycles. The second-order valence-electron chi connectivity index (χ2n) is 7.01. The maximum atomic E-state index is 13.0. The molecule has 1 fully saturated rings. The zero-order valence-corrected chi connectivity index (χ0v) is 17.5. The number of piperidine rings is 1. The number of rotatable bonds is 6. The lowest BCUT2D eigenvalue weighted by atomic mass is 9.88. The number of halogens is 1. The monoisotopic (exact) mass is 444 g/mol. The molecule has 3 rings (SSSR count). The molecule has 0 aromatic heterocycles. The standard InChI is InChI=1S/C22H25BrN2O3/c1-2-24-21(26)20(15-6-8-16(9-7-15)22(27)28)18-14-17(23)10-11-19(18)25-12-4-3-5-13-25/h6-11,14,20H,2-5,12-13H2,1H3,(H,24,26)(H,27,28). The molecule has 0 radical (unpaired) electrons. The minimum absolute atomic E-state index is 0.0815. The van der Waals surface area contributed by atoms with E-state index >= 15 is 0 Å². The summed E-state index contributed by atoms with van der Waals surface area (Å²) >= 11 is 3.55. The second-order valence-corrected chi connectivity index (χ2v) is 7.92. The van der Waals surface area contributed by atoms with E-state index in [0.29, 0.717) is 6.54 Å². The number of amides is 1.